The molecule has 8 heteroatoms. The second-order valence-corrected chi connectivity index (χ2v) is 6.41. The molecule has 26 heavy (non-hydrogen) atoms. The first kappa shape index (κ1) is 20.0. The van der Waals surface area contributed by atoms with Gasteiger partial charge in [0.05, 0.1) is 18.2 Å². The Bertz CT molecular complexity index is 816. The van der Waals surface area contributed by atoms with Gasteiger partial charge in [-0.1, -0.05) is 35.3 Å². The molecule has 0 fully saturated rings. The monoisotopic (exact) mass is 397 g/mol. The summed E-state index contributed by atoms with van der Waals surface area (Å²) in [6, 6.07) is 3.83. The van der Waals surface area contributed by atoms with Crippen molar-refractivity contribution in [1.82, 2.24) is 4.90 Å². The zero-order valence-electron chi connectivity index (χ0n) is 14.2. The molecule has 1 aromatic rings. The number of halogens is 2. The first-order valence-corrected chi connectivity index (χ1v) is 8.54. The number of aliphatic hydroxyl groups is 1. The molecule has 0 radical (unpaired) electrons. The predicted octanol–water partition coefficient (Wildman–Crippen LogP) is 2.88. The molecule has 1 aliphatic rings. The number of hydrogen-bond donors (Lipinski definition) is 1. The molecule has 6 nitrogen and oxygen atoms in total. The van der Waals surface area contributed by atoms with Gasteiger partial charge in [0.1, 0.15) is 0 Å². The largest absolute Gasteiger partial charge is 0.503 e. The van der Waals surface area contributed by atoms with Crippen LogP contribution in [-0.4, -0.2) is 47.4 Å². The third-order valence-electron chi connectivity index (χ3n) is 3.86. The van der Waals surface area contributed by atoms with Crippen molar-refractivity contribution in [1.29, 1.82) is 0 Å². The molecule has 2 rings (SSSR count). The number of aliphatic hydroxyl groups excluding tert-OH is 1. The molecule has 0 bridgehead atoms. The van der Waals surface area contributed by atoms with Crippen molar-refractivity contribution in [3.8, 4) is 0 Å². The fourth-order valence-corrected chi connectivity index (χ4v) is 3.03. The topological polar surface area (TPSA) is 83.9 Å². The Hall–Kier alpha value is -2.31. The predicted molar refractivity (Wildman–Crippen MR) is 97.2 cm³/mol. The van der Waals surface area contributed by atoms with Crippen LogP contribution >= 0.6 is 23.2 Å². The Morgan fingerprint density at radius 3 is 2.65 bits per heavy atom. The second-order valence-electron chi connectivity index (χ2n) is 5.57. The maximum atomic E-state index is 12.7. The summed E-state index contributed by atoms with van der Waals surface area (Å²) in [4.78, 5) is 37.4. The number of carbonyl (C=O) groups excluding carboxylic acids is 3. The standard InChI is InChI=1S/C18H17Cl2NO5/c1-3-26-15(23)7-6-13-16(17(24)18(25)21(13)2)14(22)8-10-4-5-11(19)9-12(10)20/h4-7,9,13,24H,3,8H2,1-2H3. The molecule has 1 heterocycles. The Kier molecular flexibility index (Phi) is 6.45. The van der Waals surface area contributed by atoms with E-state index in [4.69, 9.17) is 27.9 Å². The van der Waals surface area contributed by atoms with Crippen molar-refractivity contribution < 1.29 is 24.2 Å². The second kappa shape index (κ2) is 8.38. The molecule has 138 valence electrons. The summed E-state index contributed by atoms with van der Waals surface area (Å²) in [6.07, 6.45) is 2.34. The lowest BCUT2D eigenvalue weighted by Gasteiger charge is -2.18. The smallest absolute Gasteiger partial charge is 0.330 e. The molecule has 0 spiro atoms. The molecular weight excluding hydrogens is 381 g/mol. The van der Waals surface area contributed by atoms with E-state index in [1.54, 1.807) is 19.1 Å². The molecule has 0 saturated heterocycles. The van der Waals surface area contributed by atoms with E-state index in [0.717, 1.165) is 6.08 Å². The molecule has 1 atom stereocenters. The number of rotatable bonds is 6. The number of amides is 1. The third-order valence-corrected chi connectivity index (χ3v) is 4.45. The van der Waals surface area contributed by atoms with Gasteiger partial charge in [0.25, 0.3) is 5.91 Å². The fourth-order valence-electron chi connectivity index (χ4n) is 2.56. The van der Waals surface area contributed by atoms with Gasteiger partial charge in [0, 0.05) is 29.6 Å². The highest BCUT2D eigenvalue weighted by Gasteiger charge is 2.39. The maximum Gasteiger partial charge on any atom is 0.330 e. The first-order valence-electron chi connectivity index (χ1n) is 7.78. The summed E-state index contributed by atoms with van der Waals surface area (Å²) in [5.41, 5.74) is 0.417. The average Bonchev–Trinajstić information content (AvgIpc) is 2.79. The normalized spacial score (nSPS) is 17.3. The van der Waals surface area contributed by atoms with Gasteiger partial charge in [-0.25, -0.2) is 4.79 Å². The van der Waals surface area contributed by atoms with Crippen LogP contribution < -0.4 is 0 Å². The highest BCUT2D eigenvalue weighted by atomic mass is 35.5. The number of Topliss-reactive ketones (excluding diaryl/α,β-unsaturated/α-hetero) is 1. The summed E-state index contributed by atoms with van der Waals surface area (Å²) in [7, 11) is 1.42. The number of nitrogens with zero attached hydrogens (tertiary/aromatic N) is 1. The van der Waals surface area contributed by atoms with Gasteiger partial charge in [-0.2, -0.15) is 0 Å². The van der Waals surface area contributed by atoms with Gasteiger partial charge < -0.3 is 14.7 Å². The van der Waals surface area contributed by atoms with Gasteiger partial charge in [-0.05, 0) is 24.6 Å². The first-order chi connectivity index (χ1) is 12.3. The van der Waals surface area contributed by atoms with E-state index in [0.29, 0.717) is 15.6 Å². The van der Waals surface area contributed by atoms with Crippen LogP contribution in [0, 0.1) is 0 Å². The van der Waals surface area contributed by atoms with Gasteiger partial charge in [-0.15, -0.1) is 0 Å². The highest BCUT2D eigenvalue weighted by Crippen LogP contribution is 2.28. The zero-order chi connectivity index (χ0) is 19.4. The van der Waals surface area contributed by atoms with Crippen LogP contribution in [0.5, 0.6) is 0 Å². The molecule has 1 N–H and O–H groups in total. The van der Waals surface area contributed by atoms with Crippen LogP contribution in [0.4, 0.5) is 0 Å². The quantitative estimate of drug-likeness (QED) is 0.589. The van der Waals surface area contributed by atoms with Crippen molar-refractivity contribution in [2.45, 2.75) is 19.4 Å². The van der Waals surface area contributed by atoms with Gasteiger partial charge >= 0.3 is 5.97 Å². The van der Waals surface area contributed by atoms with E-state index >= 15 is 0 Å². The van der Waals surface area contributed by atoms with Crippen LogP contribution in [-0.2, 0) is 25.5 Å². The van der Waals surface area contributed by atoms with E-state index in [-0.39, 0.29) is 18.6 Å². The lowest BCUT2D eigenvalue weighted by atomic mass is 9.97. The number of ketones is 1. The van der Waals surface area contributed by atoms with Gasteiger partial charge in [0.15, 0.2) is 11.5 Å². The lowest BCUT2D eigenvalue weighted by Crippen LogP contribution is -2.32. The van der Waals surface area contributed by atoms with E-state index in [2.05, 4.69) is 0 Å². The Labute approximate surface area is 160 Å². The minimum atomic E-state index is -0.870. The minimum Gasteiger partial charge on any atom is -0.503 e. The molecule has 0 aromatic heterocycles. The SMILES string of the molecule is CCOC(=O)C=CC1C(C(=O)Cc2ccc(Cl)cc2Cl)=C(O)C(=O)N1C. The van der Waals surface area contributed by atoms with E-state index in [9.17, 15) is 19.5 Å². The summed E-state index contributed by atoms with van der Waals surface area (Å²) in [5.74, 6) is -2.43. The van der Waals surface area contributed by atoms with Gasteiger partial charge in [0.2, 0.25) is 0 Å². The molecule has 0 aliphatic carbocycles. The summed E-state index contributed by atoms with van der Waals surface area (Å²) in [6.45, 7) is 1.86. The van der Waals surface area contributed by atoms with E-state index in [1.807, 2.05) is 0 Å². The molecule has 0 saturated carbocycles. The van der Waals surface area contributed by atoms with E-state index < -0.39 is 29.5 Å². The van der Waals surface area contributed by atoms with E-state index in [1.165, 1.54) is 24.1 Å². The summed E-state index contributed by atoms with van der Waals surface area (Å²) in [5, 5.41) is 10.8. The number of ether oxygens (including phenoxy) is 1. The lowest BCUT2D eigenvalue weighted by molar-refractivity contribution is -0.137. The van der Waals surface area contributed by atoms with Crippen LogP contribution in [0.1, 0.15) is 12.5 Å². The number of likely N-dealkylation sites (N-methyl/N-ethyl adjacent to an activating group) is 1. The maximum absolute atomic E-state index is 12.7. The fraction of sp³-hybridized carbons (Fsp3) is 0.278. The zero-order valence-corrected chi connectivity index (χ0v) is 15.7. The van der Waals surface area contributed by atoms with Crippen molar-refractivity contribution in [3.05, 3.63) is 57.3 Å². The molecule has 1 aliphatic heterocycles. The Morgan fingerprint density at radius 1 is 1.35 bits per heavy atom. The summed E-state index contributed by atoms with van der Waals surface area (Å²) >= 11 is 11.9. The third kappa shape index (κ3) is 4.26. The van der Waals surface area contributed by atoms with Crippen molar-refractivity contribution >= 4 is 40.9 Å². The average molecular weight is 398 g/mol. The minimum absolute atomic E-state index is 0.0935. The number of esters is 1. The van der Waals surface area contributed by atoms with Crippen molar-refractivity contribution in [3.63, 3.8) is 0 Å². The van der Waals surface area contributed by atoms with Crippen molar-refractivity contribution in [2.75, 3.05) is 13.7 Å². The number of carbonyl (C=O) groups is 3. The Balaban J connectivity index is 2.28. The van der Waals surface area contributed by atoms with Gasteiger partial charge in [-0.3, -0.25) is 9.59 Å². The van der Waals surface area contributed by atoms with Crippen LogP contribution in [0.3, 0.4) is 0 Å². The number of hydrogen-bond acceptors (Lipinski definition) is 5. The molecule has 1 aromatic carbocycles. The van der Waals surface area contributed by atoms with Crippen LogP contribution in [0.25, 0.3) is 0 Å². The highest BCUT2D eigenvalue weighted by molar-refractivity contribution is 6.35. The molecule has 1 amide bonds. The molecule has 1 unspecified atom stereocenters. The molecular formula is C18H17Cl2NO5. The van der Waals surface area contributed by atoms with Crippen LogP contribution in [0.15, 0.2) is 41.7 Å². The van der Waals surface area contributed by atoms with Crippen molar-refractivity contribution in [2.24, 2.45) is 0 Å². The Morgan fingerprint density at radius 2 is 2.04 bits per heavy atom. The van der Waals surface area contributed by atoms with Crippen LogP contribution in [0.2, 0.25) is 10.0 Å². The number of benzene rings is 1. The summed E-state index contributed by atoms with van der Waals surface area (Å²) < 4.78 is 4.79.